The molecule has 0 radical (unpaired) electrons. The van der Waals surface area contributed by atoms with Crippen molar-refractivity contribution in [2.75, 3.05) is 11.8 Å². The maximum absolute atomic E-state index is 12.4. The van der Waals surface area contributed by atoms with Gasteiger partial charge in [0.05, 0.1) is 17.6 Å². The van der Waals surface area contributed by atoms with Crippen molar-refractivity contribution in [2.24, 2.45) is 0 Å². The second-order valence-corrected chi connectivity index (χ2v) is 6.66. The molecule has 0 bridgehead atoms. The zero-order valence-corrected chi connectivity index (χ0v) is 13.4. The molecular weight excluding hydrogens is 356 g/mol. The third kappa shape index (κ3) is 3.35. The largest absolute Gasteiger partial charge is 0.495 e. The van der Waals surface area contributed by atoms with Gasteiger partial charge in [-0.15, -0.1) is 0 Å². The first-order valence-electron chi connectivity index (χ1n) is 5.83. The van der Waals surface area contributed by atoms with Gasteiger partial charge in [0.15, 0.2) is 0 Å². The molecule has 2 aromatic carbocycles. The third-order valence-corrected chi connectivity index (χ3v) is 4.55. The number of halogens is 1. The molecule has 0 aromatic heterocycles. The highest BCUT2D eigenvalue weighted by molar-refractivity contribution is 9.10. The van der Waals surface area contributed by atoms with Crippen LogP contribution in [0.2, 0.25) is 0 Å². The fourth-order valence-electron chi connectivity index (χ4n) is 1.73. The maximum Gasteiger partial charge on any atom is 0.262 e. The molecule has 0 spiro atoms. The number of hydrogen-bond donors (Lipinski definition) is 1. The summed E-state index contributed by atoms with van der Waals surface area (Å²) in [4.78, 5) is 0.0895. The van der Waals surface area contributed by atoms with Gasteiger partial charge in [-0.2, -0.15) is 5.26 Å². The minimum atomic E-state index is -3.81. The highest BCUT2D eigenvalue weighted by atomic mass is 79.9. The lowest BCUT2D eigenvalue weighted by Gasteiger charge is -2.13. The van der Waals surface area contributed by atoms with Gasteiger partial charge in [-0.1, -0.05) is 28.1 Å². The molecule has 1 N–H and O–H groups in total. The third-order valence-electron chi connectivity index (χ3n) is 2.71. The number of nitrogens with zero attached hydrogens (tertiary/aromatic N) is 1. The van der Waals surface area contributed by atoms with E-state index in [0.717, 1.165) is 0 Å². The molecule has 0 aliphatic carbocycles. The number of hydrogen-bond acceptors (Lipinski definition) is 4. The summed E-state index contributed by atoms with van der Waals surface area (Å²) in [7, 11) is -2.40. The van der Waals surface area contributed by atoms with Crippen LogP contribution in [0, 0.1) is 11.3 Å². The Kier molecular flexibility index (Phi) is 4.50. The molecule has 21 heavy (non-hydrogen) atoms. The molecule has 7 heteroatoms. The van der Waals surface area contributed by atoms with Crippen LogP contribution in [0.4, 0.5) is 5.69 Å². The number of rotatable bonds is 4. The van der Waals surface area contributed by atoms with E-state index in [1.807, 2.05) is 6.07 Å². The van der Waals surface area contributed by atoms with Crippen molar-refractivity contribution in [1.29, 1.82) is 5.26 Å². The Morgan fingerprint density at radius 1 is 1.24 bits per heavy atom. The van der Waals surface area contributed by atoms with Crippen LogP contribution in [-0.2, 0) is 10.0 Å². The Balaban J connectivity index is 2.49. The van der Waals surface area contributed by atoms with E-state index in [9.17, 15) is 8.42 Å². The van der Waals surface area contributed by atoms with Crippen LogP contribution in [0.15, 0.2) is 51.8 Å². The van der Waals surface area contributed by atoms with Crippen LogP contribution in [0.5, 0.6) is 5.75 Å². The molecule has 0 heterocycles. The summed E-state index contributed by atoms with van der Waals surface area (Å²) in [6.45, 7) is 0. The van der Waals surface area contributed by atoms with Crippen molar-refractivity contribution >= 4 is 31.6 Å². The molecule has 0 saturated heterocycles. The Bertz CT molecular complexity index is 813. The van der Waals surface area contributed by atoms with Gasteiger partial charge in [0.1, 0.15) is 17.5 Å². The molecule has 0 amide bonds. The fourth-order valence-corrected chi connectivity index (χ4v) is 3.41. The van der Waals surface area contributed by atoms with Gasteiger partial charge in [0.2, 0.25) is 0 Å². The standard InChI is InChI=1S/C14H11BrN2O3S/c1-20-13-7-2-4-10(9-16)14(13)17-21(18,19)12-6-3-5-11(15)8-12/h2-8,17H,1H3. The molecule has 5 nitrogen and oxygen atoms in total. The summed E-state index contributed by atoms with van der Waals surface area (Å²) in [6.07, 6.45) is 0. The van der Waals surface area contributed by atoms with E-state index in [1.54, 1.807) is 24.3 Å². The number of anilines is 1. The van der Waals surface area contributed by atoms with Crippen LogP contribution in [0.25, 0.3) is 0 Å². The van der Waals surface area contributed by atoms with E-state index < -0.39 is 10.0 Å². The number of methoxy groups -OCH3 is 1. The monoisotopic (exact) mass is 366 g/mol. The van der Waals surface area contributed by atoms with E-state index in [-0.39, 0.29) is 21.9 Å². The average molecular weight is 367 g/mol. The Hall–Kier alpha value is -2.04. The Morgan fingerprint density at radius 3 is 2.57 bits per heavy atom. The van der Waals surface area contributed by atoms with Gasteiger partial charge in [-0.3, -0.25) is 4.72 Å². The molecule has 0 unspecified atom stereocenters. The number of nitrogens with one attached hydrogen (secondary N) is 1. The van der Waals surface area contributed by atoms with Crippen molar-refractivity contribution in [3.63, 3.8) is 0 Å². The van der Waals surface area contributed by atoms with Crippen molar-refractivity contribution < 1.29 is 13.2 Å². The van der Waals surface area contributed by atoms with Crippen LogP contribution >= 0.6 is 15.9 Å². The van der Waals surface area contributed by atoms with Gasteiger partial charge >= 0.3 is 0 Å². The highest BCUT2D eigenvalue weighted by Crippen LogP contribution is 2.30. The summed E-state index contributed by atoms with van der Waals surface area (Å²) in [5.74, 6) is 0.285. The lowest BCUT2D eigenvalue weighted by molar-refractivity contribution is 0.417. The minimum Gasteiger partial charge on any atom is -0.495 e. The molecule has 0 aliphatic heterocycles. The number of sulfonamides is 1. The lowest BCUT2D eigenvalue weighted by atomic mass is 10.2. The predicted octanol–water partition coefficient (Wildman–Crippen LogP) is 3.13. The molecule has 0 aliphatic rings. The number of para-hydroxylation sites is 1. The molecule has 2 rings (SSSR count). The first-order valence-corrected chi connectivity index (χ1v) is 8.11. The zero-order chi connectivity index (χ0) is 15.5. The molecule has 0 fully saturated rings. The van der Waals surface area contributed by atoms with Gasteiger partial charge in [0, 0.05) is 4.47 Å². The summed E-state index contributed by atoms with van der Waals surface area (Å²) < 4.78 is 32.9. The number of benzene rings is 2. The highest BCUT2D eigenvalue weighted by Gasteiger charge is 2.19. The molecule has 0 saturated carbocycles. The van der Waals surface area contributed by atoms with Crippen LogP contribution < -0.4 is 9.46 Å². The number of ether oxygens (including phenoxy) is 1. The van der Waals surface area contributed by atoms with Gasteiger partial charge in [0.25, 0.3) is 10.0 Å². The van der Waals surface area contributed by atoms with E-state index in [0.29, 0.717) is 4.47 Å². The van der Waals surface area contributed by atoms with E-state index >= 15 is 0 Å². The van der Waals surface area contributed by atoms with Crippen molar-refractivity contribution in [2.45, 2.75) is 4.90 Å². The normalized spacial score (nSPS) is 10.7. The first kappa shape index (κ1) is 15.4. The molecule has 108 valence electrons. The quantitative estimate of drug-likeness (QED) is 0.901. The van der Waals surface area contributed by atoms with E-state index in [2.05, 4.69) is 20.7 Å². The molecule has 0 atom stereocenters. The van der Waals surface area contributed by atoms with Crippen LogP contribution in [0.1, 0.15) is 5.56 Å². The zero-order valence-electron chi connectivity index (χ0n) is 11.0. The summed E-state index contributed by atoms with van der Waals surface area (Å²) >= 11 is 3.23. The van der Waals surface area contributed by atoms with Crippen molar-refractivity contribution in [1.82, 2.24) is 0 Å². The second kappa shape index (κ2) is 6.16. The molecule has 2 aromatic rings. The van der Waals surface area contributed by atoms with Gasteiger partial charge in [-0.25, -0.2) is 8.42 Å². The SMILES string of the molecule is COc1cccc(C#N)c1NS(=O)(=O)c1cccc(Br)c1. The Morgan fingerprint density at radius 2 is 1.95 bits per heavy atom. The summed E-state index contributed by atoms with van der Waals surface area (Å²) in [5, 5.41) is 9.10. The summed E-state index contributed by atoms with van der Waals surface area (Å²) in [6, 6.07) is 12.9. The first-order chi connectivity index (χ1) is 9.97. The predicted molar refractivity (Wildman–Crippen MR) is 82.7 cm³/mol. The number of nitriles is 1. The van der Waals surface area contributed by atoms with Crippen molar-refractivity contribution in [3.8, 4) is 11.8 Å². The Labute approximate surface area is 131 Å². The average Bonchev–Trinajstić information content (AvgIpc) is 2.47. The minimum absolute atomic E-state index is 0.0895. The van der Waals surface area contributed by atoms with Gasteiger partial charge in [-0.05, 0) is 30.3 Å². The lowest BCUT2D eigenvalue weighted by Crippen LogP contribution is -2.14. The van der Waals surface area contributed by atoms with Crippen molar-refractivity contribution in [3.05, 3.63) is 52.5 Å². The maximum atomic E-state index is 12.4. The molecular formula is C14H11BrN2O3S. The van der Waals surface area contributed by atoms with E-state index in [4.69, 9.17) is 10.00 Å². The topological polar surface area (TPSA) is 79.2 Å². The smallest absolute Gasteiger partial charge is 0.262 e. The fraction of sp³-hybridized carbons (Fsp3) is 0.0714. The van der Waals surface area contributed by atoms with E-state index in [1.165, 1.54) is 25.3 Å². The summed E-state index contributed by atoms with van der Waals surface area (Å²) in [5.41, 5.74) is 0.315. The van der Waals surface area contributed by atoms with Crippen LogP contribution in [0.3, 0.4) is 0 Å². The van der Waals surface area contributed by atoms with Crippen LogP contribution in [-0.4, -0.2) is 15.5 Å². The van der Waals surface area contributed by atoms with Gasteiger partial charge < -0.3 is 4.74 Å². The second-order valence-electron chi connectivity index (χ2n) is 4.06.